The molecule has 0 unspecified atom stereocenters. The third-order valence-electron chi connectivity index (χ3n) is 0. The molecule has 0 saturated carbocycles. The van der Waals surface area contributed by atoms with Crippen LogP contribution >= 0.6 is 0 Å². The van der Waals surface area contributed by atoms with E-state index in [0.717, 1.165) is 0 Å². The molecule has 0 aromatic carbocycles. The van der Waals surface area contributed by atoms with Crippen LogP contribution in [0.25, 0.3) is 0 Å². The molecule has 0 aliphatic rings. The summed E-state index contributed by atoms with van der Waals surface area (Å²) in [5.74, 6) is 0. The first kappa shape index (κ1) is 22.4. The Morgan fingerprint density at radius 1 is 0.875 bits per heavy atom. The van der Waals surface area contributed by atoms with E-state index in [1.807, 2.05) is 0 Å². The summed E-state index contributed by atoms with van der Waals surface area (Å²) in [6.07, 6.45) is 0. The molecule has 0 amide bonds. The molecule has 0 aromatic heterocycles. The van der Waals surface area contributed by atoms with E-state index in [4.69, 9.17) is 19.2 Å². The average Bonchev–Trinajstić information content (AvgIpc) is 0.722. The maximum Gasteiger partial charge on any atom is 0 e. The van der Waals surface area contributed by atoms with Gasteiger partial charge in [0.05, 0.1) is 0 Å². The standard InChI is InChI=1S/Ca.Ga.H4O4Si.Tl.5H/c;;1-5(2,3)4;;;;;;/h;;1-4H;;;;;;. The van der Waals surface area contributed by atoms with Gasteiger partial charge in [0.25, 0.3) is 0 Å². The summed E-state index contributed by atoms with van der Waals surface area (Å²) in [7, 11) is -4.61. The van der Waals surface area contributed by atoms with E-state index >= 15 is 0 Å². The molecule has 0 fully saturated rings. The van der Waals surface area contributed by atoms with Gasteiger partial charge in [-0.15, -0.1) is 0 Å². The van der Waals surface area contributed by atoms with E-state index in [0.29, 0.717) is 0 Å². The Hall–Kier alpha value is 2.88. The smallest absolute Gasteiger partial charge is 0 e. The first-order chi connectivity index (χ1) is 2.00. The maximum atomic E-state index is 7.33. The fourth-order valence-corrected chi connectivity index (χ4v) is 0. The Bertz CT molecular complexity index is 31.5. The Labute approximate surface area is 111 Å². The zero-order chi connectivity index (χ0) is 4.50. The third-order valence-corrected chi connectivity index (χ3v) is 0. The van der Waals surface area contributed by atoms with Crippen molar-refractivity contribution in [3.63, 3.8) is 0 Å². The van der Waals surface area contributed by atoms with Crippen molar-refractivity contribution >= 4 is 93.9 Å². The topological polar surface area (TPSA) is 80.9 Å². The minimum absolute atomic E-state index is 0. The molecule has 0 saturated heterocycles. The van der Waals surface area contributed by atoms with Gasteiger partial charge in [0.2, 0.25) is 0 Å². The molecule has 4 nitrogen and oxygen atoms in total. The summed E-state index contributed by atoms with van der Waals surface area (Å²) < 4.78 is 0. The SMILES string of the molecule is O[Si](O)(O)O.[CaH2].[GaH3].[Tl]. The van der Waals surface area contributed by atoms with E-state index in [-0.39, 0.29) is 84.8 Å². The van der Waals surface area contributed by atoms with Crippen molar-refractivity contribution in [2.75, 3.05) is 0 Å². The van der Waals surface area contributed by atoms with Crippen LogP contribution in [0.15, 0.2) is 0 Å². The van der Waals surface area contributed by atoms with Gasteiger partial charge in [0, 0.05) is 27.3 Å². The Morgan fingerprint density at radius 2 is 0.875 bits per heavy atom. The molecule has 45 valence electrons. The van der Waals surface area contributed by atoms with E-state index in [2.05, 4.69) is 0 Å². The zero-order valence-corrected chi connectivity index (χ0v) is 8.36. The molecule has 0 heterocycles. The zero-order valence-electron chi connectivity index (χ0n) is 2.87. The molecule has 8 heavy (non-hydrogen) atoms. The van der Waals surface area contributed by atoms with Gasteiger partial charge in [-0.1, -0.05) is 0 Å². The molecule has 8 heteroatoms. The maximum absolute atomic E-state index is 7.33. The molecule has 0 aromatic rings. The van der Waals surface area contributed by atoms with Gasteiger partial charge in [-0.05, 0) is 0 Å². The van der Waals surface area contributed by atoms with Crippen molar-refractivity contribution in [1.29, 1.82) is 0 Å². The predicted molar refractivity (Wildman–Crippen MR) is 38.9 cm³/mol. The Balaban J connectivity index is -0.0000000267. The van der Waals surface area contributed by atoms with Crippen molar-refractivity contribution in [2.45, 2.75) is 0 Å². The average molecular weight is 415 g/mol. The normalized spacial score (nSPS) is 7.50. The fourth-order valence-electron chi connectivity index (χ4n) is 0. The third kappa shape index (κ3) is 66.6. The van der Waals surface area contributed by atoms with E-state index in [1.54, 1.807) is 0 Å². The van der Waals surface area contributed by atoms with Crippen LogP contribution in [0.1, 0.15) is 0 Å². The van der Waals surface area contributed by atoms with E-state index in [1.165, 1.54) is 0 Å². The van der Waals surface area contributed by atoms with E-state index < -0.39 is 9.05 Å². The number of hydrogen-bond donors (Lipinski definition) is 4. The van der Waals surface area contributed by atoms with Crippen molar-refractivity contribution in [3.05, 3.63) is 0 Å². The van der Waals surface area contributed by atoms with E-state index in [9.17, 15) is 0 Å². The van der Waals surface area contributed by atoms with Crippen LogP contribution in [0.2, 0.25) is 0 Å². The second kappa shape index (κ2) is 9.88. The first-order valence-electron chi connectivity index (χ1n) is 0.894. The molecular formula is H9CaGaO4SiTl. The van der Waals surface area contributed by atoms with Gasteiger partial charge in [0.1, 0.15) is 0 Å². The van der Waals surface area contributed by atoms with Crippen LogP contribution in [0.4, 0.5) is 0 Å². The Kier molecular flexibility index (Phi) is 27.7. The molecular weight excluding hydrogens is 406 g/mol. The largest absolute Gasteiger partial charge is 0 e. The molecule has 0 bridgehead atoms. The predicted octanol–water partition coefficient (Wildman–Crippen LogP) is -5.09. The fraction of sp³-hybridized carbons (Fsp3) is 0. The molecule has 0 aliphatic heterocycles. The number of rotatable bonds is 0. The first-order valence-corrected chi connectivity index (χ1v) is 2.68. The minimum atomic E-state index is -4.61. The van der Waals surface area contributed by atoms with Gasteiger partial charge >= 0.3 is 66.6 Å². The number of hydrogen-bond acceptors (Lipinski definition) is 4. The van der Waals surface area contributed by atoms with Crippen molar-refractivity contribution in [1.82, 2.24) is 0 Å². The van der Waals surface area contributed by atoms with Crippen LogP contribution in [0, 0.1) is 0 Å². The molecule has 1 radical (unpaired) electrons. The van der Waals surface area contributed by atoms with Crippen LogP contribution < -0.4 is 0 Å². The second-order valence-corrected chi connectivity index (χ2v) is 1.80. The van der Waals surface area contributed by atoms with Gasteiger partial charge in [-0.25, -0.2) is 0 Å². The van der Waals surface area contributed by atoms with Gasteiger partial charge in [0.15, 0.2) is 0 Å². The summed E-state index contributed by atoms with van der Waals surface area (Å²) >= 11 is 0. The molecule has 4 N–H and O–H groups in total. The van der Waals surface area contributed by atoms with Crippen LogP contribution in [-0.2, 0) is 0 Å². The monoisotopic (exact) mass is 415 g/mol. The van der Waals surface area contributed by atoms with Crippen LogP contribution in [0.3, 0.4) is 0 Å². The van der Waals surface area contributed by atoms with Crippen LogP contribution in [-0.4, -0.2) is 113 Å². The van der Waals surface area contributed by atoms with Crippen molar-refractivity contribution in [2.24, 2.45) is 0 Å². The van der Waals surface area contributed by atoms with Crippen molar-refractivity contribution in [3.8, 4) is 0 Å². The Morgan fingerprint density at radius 3 is 0.875 bits per heavy atom. The molecule has 0 aliphatic carbocycles. The van der Waals surface area contributed by atoms with Crippen LogP contribution in [0.5, 0.6) is 0 Å². The second-order valence-electron chi connectivity index (χ2n) is 0.600. The summed E-state index contributed by atoms with van der Waals surface area (Å²) in [6, 6.07) is 0. The molecule has 0 atom stereocenters. The summed E-state index contributed by atoms with van der Waals surface area (Å²) in [4.78, 5) is 29.3. The quantitative estimate of drug-likeness (QED) is 0.299. The van der Waals surface area contributed by atoms with Gasteiger partial charge in [-0.3, -0.25) is 0 Å². The molecule has 0 spiro atoms. The summed E-state index contributed by atoms with van der Waals surface area (Å²) in [5, 5.41) is 0. The van der Waals surface area contributed by atoms with Gasteiger partial charge < -0.3 is 19.2 Å². The van der Waals surface area contributed by atoms with Gasteiger partial charge in [-0.2, -0.15) is 0 Å². The minimum Gasteiger partial charge on any atom is 0 e. The van der Waals surface area contributed by atoms with Crippen molar-refractivity contribution < 1.29 is 19.2 Å². The summed E-state index contributed by atoms with van der Waals surface area (Å²) in [6.45, 7) is 0. The summed E-state index contributed by atoms with van der Waals surface area (Å²) in [5.41, 5.74) is 0. The molecule has 0 rings (SSSR count).